The molecule has 10 heteroatoms. The summed E-state index contributed by atoms with van der Waals surface area (Å²) in [6.07, 6.45) is 0.722. The fourth-order valence-electron chi connectivity index (χ4n) is 0. The minimum absolute atomic E-state index is 0. The van der Waals surface area contributed by atoms with Gasteiger partial charge in [-0.3, -0.25) is 0 Å². The number of carboxylic acid groups (broad SMARTS) is 1. The van der Waals surface area contributed by atoms with E-state index < -0.39 is 12.4 Å². The quantitative estimate of drug-likeness (QED) is 0.454. The van der Waals surface area contributed by atoms with E-state index >= 15 is 0 Å². The SMILES string of the molecule is C=CC(=O)[O-].[Cl][Rh-3]([Cl])([Cl])([Cl])([Cl])[Cl].[Na+]. The Labute approximate surface area is 121 Å². The first kappa shape index (κ1) is 20.9. The van der Waals surface area contributed by atoms with Crippen LogP contribution in [0, 0.1) is 0 Å². The third-order valence-corrected chi connectivity index (χ3v) is 0.167. The first-order valence-corrected chi connectivity index (χ1v) is 14.5. The van der Waals surface area contributed by atoms with Crippen molar-refractivity contribution in [2.75, 3.05) is 0 Å². The van der Waals surface area contributed by atoms with Gasteiger partial charge in [-0.05, 0) is 6.08 Å². The Morgan fingerprint density at radius 1 is 1.15 bits per heavy atom. The van der Waals surface area contributed by atoms with Crippen molar-refractivity contribution in [2.45, 2.75) is 0 Å². The monoisotopic (exact) mass is 407 g/mol. The van der Waals surface area contributed by atoms with Crippen LogP contribution in [0.5, 0.6) is 0 Å². The van der Waals surface area contributed by atoms with E-state index in [0.717, 1.165) is 6.08 Å². The number of carbonyl (C=O) groups excluding carboxylic acids is 1. The summed E-state index contributed by atoms with van der Waals surface area (Å²) in [4.78, 5) is 9.14. The maximum Gasteiger partial charge on any atom is 1.00 e. The van der Waals surface area contributed by atoms with E-state index in [9.17, 15) is 0 Å². The molecule has 0 unspecified atom stereocenters. The second kappa shape index (κ2) is 5.77. The van der Waals surface area contributed by atoms with Gasteiger partial charge in [0, 0.05) is 0 Å². The fraction of sp³-hybridized carbons (Fsp3) is 0. The zero-order valence-electron chi connectivity index (χ0n) is 6.20. The summed E-state index contributed by atoms with van der Waals surface area (Å²) in [7, 11) is 30.2. The normalized spacial score (nSPS) is 14.9. The Kier molecular flexibility index (Phi) is 9.28. The Bertz CT molecular complexity index is 181. The Morgan fingerprint density at radius 2 is 1.23 bits per heavy atom. The fourth-order valence-corrected chi connectivity index (χ4v) is 0. The average molecular weight is 410 g/mol. The third kappa shape index (κ3) is 110. The number of rotatable bonds is 1. The summed E-state index contributed by atoms with van der Waals surface area (Å²) in [6, 6.07) is 0. The molecule has 0 N–H and O–H groups in total. The molecule has 0 rings (SSSR count). The van der Waals surface area contributed by atoms with E-state index in [2.05, 4.69) is 6.58 Å². The van der Waals surface area contributed by atoms with E-state index in [4.69, 9.17) is 68.0 Å². The Balaban J connectivity index is -0.000000150. The average Bonchev–Trinajstić information content (AvgIpc) is 1.56. The Hall–Kier alpha value is 2.57. The molecule has 2 nitrogen and oxygen atoms in total. The number of aliphatic carboxylic acids is 1. The molecule has 0 fully saturated rings. The molecular weight excluding hydrogens is 407 g/mol. The van der Waals surface area contributed by atoms with Gasteiger partial charge in [0.1, 0.15) is 0 Å². The van der Waals surface area contributed by atoms with E-state index in [-0.39, 0.29) is 29.6 Å². The maximum atomic E-state index is 9.14. The van der Waals surface area contributed by atoms with Crippen molar-refractivity contribution < 1.29 is 45.9 Å². The van der Waals surface area contributed by atoms with Crippen molar-refractivity contribution in [3.05, 3.63) is 12.7 Å². The summed E-state index contributed by atoms with van der Waals surface area (Å²) in [6.45, 7) is -2.25. The summed E-state index contributed by atoms with van der Waals surface area (Å²) in [5.74, 6) is -1.23. The number of hydrogen-bond acceptors (Lipinski definition) is 2. The molecule has 0 aliphatic rings. The van der Waals surface area contributed by atoms with E-state index in [1.807, 2.05) is 0 Å². The van der Waals surface area contributed by atoms with Crippen molar-refractivity contribution >= 4 is 64.1 Å². The summed E-state index contributed by atoms with van der Waals surface area (Å²) < 4.78 is 0. The molecule has 0 saturated heterocycles. The second-order valence-electron chi connectivity index (χ2n) is 1.24. The van der Waals surface area contributed by atoms with E-state index in [1.165, 1.54) is 0 Å². The number of carboxylic acids is 1. The maximum absolute atomic E-state index is 9.14. The molecule has 0 heterocycles. The molecule has 82 valence electrons. The first-order chi connectivity index (χ1) is 4.72. The van der Waals surface area contributed by atoms with Crippen LogP contribution in [0.1, 0.15) is 0 Å². The molecule has 0 aliphatic carbocycles. The molecule has 0 aromatic rings. The molecule has 0 atom stereocenters. The first-order valence-electron chi connectivity index (χ1n) is 1.86. The summed E-state index contributed by atoms with van der Waals surface area (Å²) >= 11 is 0. The van der Waals surface area contributed by atoms with E-state index in [0.29, 0.717) is 0 Å². The van der Waals surface area contributed by atoms with Crippen molar-refractivity contribution in [1.82, 2.24) is 0 Å². The molecule has 0 bridgehead atoms. The van der Waals surface area contributed by atoms with Crippen LogP contribution in [0.4, 0.5) is 0 Å². The van der Waals surface area contributed by atoms with Gasteiger partial charge in [0.15, 0.2) is 0 Å². The van der Waals surface area contributed by atoms with Crippen LogP contribution in [0.3, 0.4) is 0 Å². The van der Waals surface area contributed by atoms with Crippen molar-refractivity contribution in [3.63, 3.8) is 0 Å². The van der Waals surface area contributed by atoms with Crippen LogP contribution >= 0.6 is 58.1 Å². The molecule has 0 aromatic carbocycles. The molecule has 0 aliphatic heterocycles. The molecule has 0 amide bonds. The standard InChI is InChI=1S/C3H4O2.6ClH.Na.Rh/c1-2-3(4)5;;;;;;;;/h2H,1H2,(H,4,5);6*1H;;/q;;;;;;;+1;+3/p-7. The van der Waals surface area contributed by atoms with Gasteiger partial charge in [0.05, 0.1) is 5.97 Å². The topological polar surface area (TPSA) is 40.1 Å². The van der Waals surface area contributed by atoms with Crippen molar-refractivity contribution in [2.24, 2.45) is 0 Å². The van der Waals surface area contributed by atoms with Gasteiger partial charge < -0.3 is 9.90 Å². The minimum Gasteiger partial charge on any atom is 1.00 e. The van der Waals surface area contributed by atoms with Crippen LogP contribution in [-0.2, 0) is 11.3 Å². The molecule has 13 heavy (non-hydrogen) atoms. The Morgan fingerprint density at radius 3 is 1.23 bits per heavy atom. The summed E-state index contributed by atoms with van der Waals surface area (Å²) in [5.41, 5.74) is 0. The number of halogens is 6. The number of carbonyl (C=O) groups is 1. The zero-order chi connectivity index (χ0) is 10.7. The largest absolute Gasteiger partial charge is 1.00 e. The second-order valence-corrected chi connectivity index (χ2v) is 38.6. The van der Waals surface area contributed by atoms with Gasteiger partial charge in [-0.25, -0.2) is 0 Å². The molecule has 0 spiro atoms. The van der Waals surface area contributed by atoms with Gasteiger partial charge in [-0.15, -0.1) is 0 Å². The molecule has 0 aromatic heterocycles. The van der Waals surface area contributed by atoms with Gasteiger partial charge >= 0.3 is 94.2 Å². The molecular formula is C3H3Cl6NaO2Rh-3. The summed E-state index contributed by atoms with van der Waals surface area (Å²) in [5, 5.41) is 9.14. The number of hydrogen-bond donors (Lipinski definition) is 0. The van der Waals surface area contributed by atoms with E-state index in [1.54, 1.807) is 0 Å². The third-order valence-electron chi connectivity index (χ3n) is 0.167. The predicted molar refractivity (Wildman–Crippen MR) is 50.3 cm³/mol. The minimum atomic E-state index is -5.15. The predicted octanol–water partition coefficient (Wildman–Crippen LogP) is 0.0608. The van der Waals surface area contributed by atoms with Gasteiger partial charge in [-0.1, -0.05) is 6.58 Å². The molecule has 0 saturated carbocycles. The smallest absolute Gasteiger partial charge is 1.00 e. The van der Waals surface area contributed by atoms with Crippen molar-refractivity contribution in [1.29, 1.82) is 0 Å². The van der Waals surface area contributed by atoms with Gasteiger partial charge in [-0.2, -0.15) is 0 Å². The van der Waals surface area contributed by atoms with Crippen molar-refractivity contribution in [3.8, 4) is 0 Å². The van der Waals surface area contributed by atoms with Crippen LogP contribution < -0.4 is 34.7 Å². The van der Waals surface area contributed by atoms with Crippen LogP contribution in [0.2, 0.25) is 0 Å². The van der Waals surface area contributed by atoms with Crippen LogP contribution in [0.25, 0.3) is 0 Å². The van der Waals surface area contributed by atoms with Crippen LogP contribution in [0.15, 0.2) is 12.7 Å². The zero-order valence-corrected chi connectivity index (χ0v) is 14.4. The molecule has 0 radical (unpaired) electrons. The van der Waals surface area contributed by atoms with Crippen LogP contribution in [-0.4, -0.2) is 5.97 Å². The van der Waals surface area contributed by atoms with Gasteiger partial charge in [0.2, 0.25) is 0 Å². The van der Waals surface area contributed by atoms with Gasteiger partial charge in [0.25, 0.3) is 0 Å².